The summed E-state index contributed by atoms with van der Waals surface area (Å²) in [6, 6.07) is 3.42. The summed E-state index contributed by atoms with van der Waals surface area (Å²) in [4.78, 5) is 4.52. The zero-order chi connectivity index (χ0) is 15.2. The monoisotopic (exact) mass is 328 g/mol. The lowest BCUT2D eigenvalue weighted by Crippen LogP contribution is -2.24. The number of rotatable bonds is 2. The van der Waals surface area contributed by atoms with Gasteiger partial charge in [-0.25, -0.2) is 9.37 Å². The van der Waals surface area contributed by atoms with Crippen LogP contribution in [0.5, 0.6) is 0 Å². The van der Waals surface area contributed by atoms with Crippen LogP contribution in [0.25, 0.3) is 11.0 Å². The predicted molar refractivity (Wildman–Crippen MR) is 85.5 cm³/mol. The summed E-state index contributed by atoms with van der Waals surface area (Å²) < 4.78 is 15.9. The lowest BCUT2D eigenvalue weighted by molar-refractivity contribution is 0.194. The molecular formula is C16H19Cl2FN2. The Labute approximate surface area is 134 Å². The summed E-state index contributed by atoms with van der Waals surface area (Å²) in [6.45, 7) is 4.61. The molecule has 114 valence electrons. The number of nitrogens with zero attached hydrogens (tertiary/aromatic N) is 2. The second kappa shape index (κ2) is 5.44. The number of benzene rings is 1. The Hall–Kier alpha value is -0.800. The standard InChI is InChI=1S/C16H19Cl2FN2/c1-16(2)5-3-10(4-6-16)21-14-8-12(19)11(18)7-13(14)20-15(21)9-17/h7-8,10H,3-6,9H2,1-2H3. The van der Waals surface area contributed by atoms with Crippen molar-refractivity contribution in [3.05, 3.63) is 28.8 Å². The number of alkyl halides is 1. The Balaban J connectivity index is 2.06. The summed E-state index contributed by atoms with van der Waals surface area (Å²) in [5.41, 5.74) is 1.92. The highest BCUT2D eigenvalue weighted by Crippen LogP contribution is 2.42. The Morgan fingerprint density at radius 3 is 2.62 bits per heavy atom. The Morgan fingerprint density at radius 1 is 1.33 bits per heavy atom. The fraction of sp³-hybridized carbons (Fsp3) is 0.562. The van der Waals surface area contributed by atoms with Crippen molar-refractivity contribution in [1.29, 1.82) is 0 Å². The van der Waals surface area contributed by atoms with Gasteiger partial charge in [0.15, 0.2) is 0 Å². The largest absolute Gasteiger partial charge is 0.324 e. The highest BCUT2D eigenvalue weighted by molar-refractivity contribution is 6.31. The van der Waals surface area contributed by atoms with E-state index in [0.29, 0.717) is 17.3 Å². The molecule has 0 amide bonds. The van der Waals surface area contributed by atoms with Gasteiger partial charge in [0.25, 0.3) is 0 Å². The van der Waals surface area contributed by atoms with Crippen molar-refractivity contribution in [3.63, 3.8) is 0 Å². The zero-order valence-electron chi connectivity index (χ0n) is 12.3. The van der Waals surface area contributed by atoms with Crippen LogP contribution in [0, 0.1) is 11.2 Å². The molecule has 0 N–H and O–H groups in total. The van der Waals surface area contributed by atoms with Crippen molar-refractivity contribution in [2.75, 3.05) is 0 Å². The third-order valence-corrected chi connectivity index (χ3v) is 5.13. The van der Waals surface area contributed by atoms with E-state index in [9.17, 15) is 4.39 Å². The Kier molecular flexibility index (Phi) is 3.91. The first kappa shape index (κ1) is 15.1. The van der Waals surface area contributed by atoms with Gasteiger partial charge in [0, 0.05) is 12.1 Å². The quantitative estimate of drug-likeness (QED) is 0.645. The molecule has 0 spiro atoms. The third kappa shape index (κ3) is 2.78. The topological polar surface area (TPSA) is 17.8 Å². The van der Waals surface area contributed by atoms with Crippen molar-refractivity contribution in [3.8, 4) is 0 Å². The van der Waals surface area contributed by atoms with Gasteiger partial charge in [0.2, 0.25) is 0 Å². The molecule has 5 heteroatoms. The molecule has 1 heterocycles. The number of aromatic nitrogens is 2. The summed E-state index contributed by atoms with van der Waals surface area (Å²) in [6.07, 6.45) is 4.48. The summed E-state index contributed by atoms with van der Waals surface area (Å²) >= 11 is 11.9. The highest BCUT2D eigenvalue weighted by atomic mass is 35.5. The van der Waals surface area contributed by atoms with Gasteiger partial charge in [-0.3, -0.25) is 0 Å². The maximum absolute atomic E-state index is 13.8. The van der Waals surface area contributed by atoms with Gasteiger partial charge in [-0.15, -0.1) is 11.6 Å². The smallest absolute Gasteiger partial charge is 0.144 e. The van der Waals surface area contributed by atoms with E-state index in [1.807, 2.05) is 0 Å². The predicted octanol–water partition coefficient (Wildman–Crippen LogP) is 5.71. The number of hydrogen-bond donors (Lipinski definition) is 0. The fourth-order valence-corrected chi connectivity index (χ4v) is 3.63. The van der Waals surface area contributed by atoms with Crippen molar-refractivity contribution in [2.24, 2.45) is 5.41 Å². The van der Waals surface area contributed by atoms with Crippen molar-refractivity contribution < 1.29 is 4.39 Å². The molecule has 3 rings (SSSR count). The molecule has 21 heavy (non-hydrogen) atoms. The van der Waals surface area contributed by atoms with Gasteiger partial charge >= 0.3 is 0 Å². The molecule has 2 aromatic rings. The van der Waals surface area contributed by atoms with E-state index in [-0.39, 0.29) is 5.02 Å². The molecule has 0 saturated heterocycles. The average Bonchev–Trinajstić information content (AvgIpc) is 2.77. The van der Waals surface area contributed by atoms with E-state index in [1.54, 1.807) is 6.07 Å². The number of halogens is 3. The zero-order valence-corrected chi connectivity index (χ0v) is 13.8. The molecule has 0 aliphatic heterocycles. The minimum Gasteiger partial charge on any atom is -0.324 e. The molecule has 1 saturated carbocycles. The Bertz CT molecular complexity index is 668. The van der Waals surface area contributed by atoms with Gasteiger partial charge < -0.3 is 4.57 Å². The van der Waals surface area contributed by atoms with Gasteiger partial charge in [-0.2, -0.15) is 0 Å². The highest BCUT2D eigenvalue weighted by Gasteiger charge is 2.29. The second-order valence-corrected chi connectivity index (χ2v) is 7.36. The van der Waals surface area contributed by atoms with E-state index in [2.05, 4.69) is 23.4 Å². The molecule has 1 aliphatic carbocycles. The van der Waals surface area contributed by atoms with Crippen molar-refractivity contribution >= 4 is 34.2 Å². The van der Waals surface area contributed by atoms with Crippen LogP contribution in [0.4, 0.5) is 4.39 Å². The van der Waals surface area contributed by atoms with Crippen LogP contribution < -0.4 is 0 Å². The summed E-state index contributed by atoms with van der Waals surface area (Å²) in [7, 11) is 0. The molecule has 1 aromatic heterocycles. The van der Waals surface area contributed by atoms with E-state index < -0.39 is 5.82 Å². The molecule has 0 unspecified atom stereocenters. The van der Waals surface area contributed by atoms with E-state index in [4.69, 9.17) is 23.2 Å². The normalized spacial score (nSPS) is 19.3. The van der Waals surface area contributed by atoms with Crippen LogP contribution >= 0.6 is 23.2 Å². The lowest BCUT2D eigenvalue weighted by atomic mass is 9.75. The molecule has 0 radical (unpaired) electrons. The molecule has 0 atom stereocenters. The molecule has 1 aliphatic rings. The van der Waals surface area contributed by atoms with Crippen LogP contribution in [0.2, 0.25) is 5.02 Å². The lowest BCUT2D eigenvalue weighted by Gasteiger charge is -2.35. The minimum absolute atomic E-state index is 0.109. The van der Waals surface area contributed by atoms with Crippen LogP contribution in [0.15, 0.2) is 12.1 Å². The average molecular weight is 329 g/mol. The molecule has 1 aromatic carbocycles. The van der Waals surface area contributed by atoms with Crippen molar-refractivity contribution in [1.82, 2.24) is 9.55 Å². The number of imidazole rings is 1. The van der Waals surface area contributed by atoms with E-state index >= 15 is 0 Å². The first-order valence-electron chi connectivity index (χ1n) is 7.33. The second-order valence-electron chi connectivity index (χ2n) is 6.68. The van der Waals surface area contributed by atoms with Crippen LogP contribution in [0.3, 0.4) is 0 Å². The maximum atomic E-state index is 13.8. The summed E-state index contributed by atoms with van der Waals surface area (Å²) in [5.74, 6) is 0.731. The van der Waals surface area contributed by atoms with Gasteiger partial charge in [0.1, 0.15) is 11.6 Å². The maximum Gasteiger partial charge on any atom is 0.144 e. The van der Waals surface area contributed by atoms with Crippen LogP contribution in [-0.2, 0) is 5.88 Å². The minimum atomic E-state index is -0.400. The van der Waals surface area contributed by atoms with Crippen molar-refractivity contribution in [2.45, 2.75) is 51.5 Å². The number of hydrogen-bond acceptors (Lipinski definition) is 1. The first-order valence-corrected chi connectivity index (χ1v) is 8.24. The fourth-order valence-electron chi connectivity index (χ4n) is 3.28. The molecule has 2 nitrogen and oxygen atoms in total. The van der Waals surface area contributed by atoms with Gasteiger partial charge in [-0.05, 0) is 37.2 Å². The SMILES string of the molecule is CC1(C)CCC(n2c(CCl)nc3cc(Cl)c(F)cc32)CC1. The molecule has 0 bridgehead atoms. The molecular weight excluding hydrogens is 310 g/mol. The summed E-state index contributed by atoms with van der Waals surface area (Å²) in [5, 5.41) is 0.109. The number of fused-ring (bicyclic) bond motifs is 1. The first-order chi connectivity index (χ1) is 9.91. The Morgan fingerprint density at radius 2 is 2.00 bits per heavy atom. The van der Waals surface area contributed by atoms with Gasteiger partial charge in [0.05, 0.1) is 21.9 Å². The third-order valence-electron chi connectivity index (χ3n) is 4.60. The van der Waals surface area contributed by atoms with Gasteiger partial charge in [-0.1, -0.05) is 25.4 Å². The molecule has 1 fully saturated rings. The van der Waals surface area contributed by atoms with Crippen LogP contribution in [0.1, 0.15) is 51.4 Å². The van der Waals surface area contributed by atoms with E-state index in [1.165, 1.54) is 6.07 Å². The van der Waals surface area contributed by atoms with E-state index in [0.717, 1.165) is 42.5 Å². The van der Waals surface area contributed by atoms with Crippen LogP contribution in [-0.4, -0.2) is 9.55 Å².